The molecule has 172 valence electrons. The van der Waals surface area contributed by atoms with Crippen LogP contribution in [0.3, 0.4) is 0 Å². The zero-order valence-electron chi connectivity index (χ0n) is 19.4. The second-order valence-corrected chi connectivity index (χ2v) is 10.4. The van der Waals surface area contributed by atoms with Crippen molar-refractivity contribution >= 4 is 5.91 Å². The van der Waals surface area contributed by atoms with E-state index in [9.17, 15) is 4.79 Å². The summed E-state index contributed by atoms with van der Waals surface area (Å²) in [6, 6.07) is 6.13. The molecule has 2 saturated carbocycles. The number of methoxy groups -OCH3 is 1. The highest BCUT2D eigenvalue weighted by Crippen LogP contribution is 2.70. The first-order valence-electron chi connectivity index (χ1n) is 11.6. The Morgan fingerprint density at radius 3 is 2.77 bits per heavy atom. The second kappa shape index (κ2) is 8.28. The van der Waals surface area contributed by atoms with E-state index in [2.05, 4.69) is 25.2 Å². The number of aliphatic hydroxyl groups is 1. The van der Waals surface area contributed by atoms with Gasteiger partial charge in [0.05, 0.1) is 19.8 Å². The summed E-state index contributed by atoms with van der Waals surface area (Å²) in [5, 5.41) is 12.5. The third-order valence-electron chi connectivity index (χ3n) is 8.18. The number of benzene rings is 1. The van der Waals surface area contributed by atoms with E-state index in [0.717, 1.165) is 24.8 Å². The van der Waals surface area contributed by atoms with Crippen LogP contribution in [-0.4, -0.2) is 44.0 Å². The molecule has 2 bridgehead atoms. The van der Waals surface area contributed by atoms with Crippen LogP contribution in [0.1, 0.15) is 58.6 Å². The van der Waals surface area contributed by atoms with Gasteiger partial charge in [-0.1, -0.05) is 33.8 Å². The molecule has 2 N–H and O–H groups in total. The van der Waals surface area contributed by atoms with Crippen LogP contribution in [0.2, 0.25) is 0 Å². The summed E-state index contributed by atoms with van der Waals surface area (Å²) in [4.78, 5) is 12.7. The number of fused-ring (bicyclic) bond motifs is 1. The molecule has 6 nitrogen and oxygen atoms in total. The van der Waals surface area contributed by atoms with Gasteiger partial charge < -0.3 is 24.6 Å². The number of ether oxygens (including phenoxy) is 3. The summed E-state index contributed by atoms with van der Waals surface area (Å²) in [7, 11) is 1.63. The molecule has 3 fully saturated rings. The van der Waals surface area contributed by atoms with Gasteiger partial charge in [0.1, 0.15) is 6.61 Å². The molecule has 1 aromatic carbocycles. The molecule has 0 aromatic heterocycles. The van der Waals surface area contributed by atoms with E-state index in [0.29, 0.717) is 29.9 Å². The molecule has 1 aromatic rings. The maximum atomic E-state index is 12.7. The Hall–Kier alpha value is -1.79. The number of rotatable bonds is 7. The van der Waals surface area contributed by atoms with Crippen LogP contribution in [0.4, 0.5) is 0 Å². The van der Waals surface area contributed by atoms with Crippen molar-refractivity contribution in [2.24, 2.45) is 28.6 Å². The smallest absolute Gasteiger partial charge is 0.222 e. The van der Waals surface area contributed by atoms with Gasteiger partial charge in [0.25, 0.3) is 0 Å². The number of nitrogens with one attached hydrogen (secondary N) is 1. The quantitative estimate of drug-likeness (QED) is 0.688. The molecule has 1 amide bonds. The van der Waals surface area contributed by atoms with Crippen LogP contribution in [0.15, 0.2) is 18.2 Å². The third-order valence-corrected chi connectivity index (χ3v) is 8.18. The summed E-state index contributed by atoms with van der Waals surface area (Å²) in [6.07, 6.45) is 3.25. The molecule has 1 heterocycles. The van der Waals surface area contributed by atoms with E-state index in [1.807, 2.05) is 26.0 Å². The van der Waals surface area contributed by atoms with Gasteiger partial charge >= 0.3 is 0 Å². The van der Waals surface area contributed by atoms with E-state index < -0.39 is 0 Å². The molecule has 3 aliphatic rings. The van der Waals surface area contributed by atoms with Crippen LogP contribution in [0.5, 0.6) is 11.5 Å². The van der Waals surface area contributed by atoms with Gasteiger partial charge in [-0.25, -0.2) is 0 Å². The zero-order chi connectivity index (χ0) is 22.4. The van der Waals surface area contributed by atoms with Crippen molar-refractivity contribution < 1.29 is 24.1 Å². The monoisotopic (exact) mass is 431 g/mol. The lowest BCUT2D eigenvalue weighted by molar-refractivity contribution is -0.139. The van der Waals surface area contributed by atoms with Gasteiger partial charge in [0.15, 0.2) is 11.5 Å². The predicted molar refractivity (Wildman–Crippen MR) is 118 cm³/mol. The summed E-state index contributed by atoms with van der Waals surface area (Å²) in [5.41, 5.74) is 1.25. The molecule has 1 spiro atoms. The Morgan fingerprint density at radius 2 is 2.10 bits per heavy atom. The Bertz CT molecular complexity index is 822. The van der Waals surface area contributed by atoms with Gasteiger partial charge in [-0.2, -0.15) is 0 Å². The lowest BCUT2D eigenvalue weighted by Crippen LogP contribution is -2.59. The highest BCUT2D eigenvalue weighted by molar-refractivity contribution is 5.78. The largest absolute Gasteiger partial charge is 0.493 e. The van der Waals surface area contributed by atoms with Gasteiger partial charge in [-0.15, -0.1) is 0 Å². The minimum atomic E-state index is -0.0398. The SMILES string of the molecule is COc1cc([C@H]2OCCC34C[C@@H](C[C@H]23)C(C)(C)[C@H]4NC(=O)C(C)C)ccc1OCCO. The van der Waals surface area contributed by atoms with Crippen molar-refractivity contribution in [3.05, 3.63) is 23.8 Å². The maximum Gasteiger partial charge on any atom is 0.222 e. The molecule has 5 atom stereocenters. The van der Waals surface area contributed by atoms with Gasteiger partial charge in [-0.3, -0.25) is 4.79 Å². The summed E-state index contributed by atoms with van der Waals surface area (Å²) < 4.78 is 17.5. The fourth-order valence-corrected chi connectivity index (χ4v) is 6.56. The minimum Gasteiger partial charge on any atom is -0.493 e. The standard InChI is InChI=1S/C25H37NO5/c1-15(2)22(28)26-23-24(3,4)17-13-18-21(31-10-8-25(18,23)14-17)16-6-7-19(30-11-9-27)20(12-16)29-5/h6-7,12,15,17-18,21,23,27H,8-11,13-14H2,1-5H3,(H,26,28)/t17-,18-,21-,23-,25?/m1/s1. The number of amides is 1. The topological polar surface area (TPSA) is 77.0 Å². The molecular weight excluding hydrogens is 394 g/mol. The van der Waals surface area contributed by atoms with Crippen molar-refractivity contribution in [2.75, 3.05) is 26.9 Å². The van der Waals surface area contributed by atoms with Crippen LogP contribution in [-0.2, 0) is 9.53 Å². The molecule has 1 saturated heterocycles. The van der Waals surface area contributed by atoms with Crippen molar-refractivity contribution in [3.63, 3.8) is 0 Å². The maximum absolute atomic E-state index is 12.7. The van der Waals surface area contributed by atoms with E-state index in [-0.39, 0.29) is 48.0 Å². The molecule has 2 aliphatic carbocycles. The Morgan fingerprint density at radius 1 is 1.32 bits per heavy atom. The average molecular weight is 432 g/mol. The van der Waals surface area contributed by atoms with Gasteiger partial charge in [0, 0.05) is 18.6 Å². The van der Waals surface area contributed by atoms with Crippen LogP contribution >= 0.6 is 0 Å². The molecule has 31 heavy (non-hydrogen) atoms. The van der Waals surface area contributed by atoms with Crippen molar-refractivity contribution in [2.45, 2.75) is 59.1 Å². The molecule has 6 heteroatoms. The van der Waals surface area contributed by atoms with Crippen molar-refractivity contribution in [1.29, 1.82) is 0 Å². The first-order valence-corrected chi connectivity index (χ1v) is 11.6. The normalized spacial score (nSPS) is 33.3. The number of aliphatic hydroxyl groups excluding tert-OH is 1. The van der Waals surface area contributed by atoms with Crippen molar-refractivity contribution in [3.8, 4) is 11.5 Å². The molecule has 0 radical (unpaired) electrons. The fourth-order valence-electron chi connectivity index (χ4n) is 6.56. The average Bonchev–Trinajstić information content (AvgIpc) is 3.24. The third kappa shape index (κ3) is 3.62. The summed E-state index contributed by atoms with van der Waals surface area (Å²) in [6.45, 7) is 9.47. The van der Waals surface area contributed by atoms with E-state index >= 15 is 0 Å². The lowest BCUT2D eigenvalue weighted by atomic mass is 9.58. The first kappa shape index (κ1) is 22.4. The van der Waals surface area contributed by atoms with Gasteiger partial charge in [0.2, 0.25) is 5.91 Å². The number of carbonyl (C=O) groups is 1. The number of hydrogen-bond acceptors (Lipinski definition) is 5. The zero-order valence-corrected chi connectivity index (χ0v) is 19.4. The number of carbonyl (C=O) groups excluding carboxylic acids is 1. The van der Waals surface area contributed by atoms with Crippen LogP contribution in [0.25, 0.3) is 0 Å². The fraction of sp³-hybridized carbons (Fsp3) is 0.720. The van der Waals surface area contributed by atoms with Crippen LogP contribution in [0, 0.1) is 28.6 Å². The van der Waals surface area contributed by atoms with Crippen molar-refractivity contribution in [1.82, 2.24) is 5.32 Å². The highest BCUT2D eigenvalue weighted by atomic mass is 16.5. The molecule has 1 unspecified atom stereocenters. The van der Waals surface area contributed by atoms with E-state index in [1.165, 1.54) is 0 Å². The van der Waals surface area contributed by atoms with Gasteiger partial charge in [-0.05, 0) is 59.6 Å². The molecule has 1 aliphatic heterocycles. The second-order valence-electron chi connectivity index (χ2n) is 10.4. The highest BCUT2D eigenvalue weighted by Gasteiger charge is 2.68. The predicted octanol–water partition coefficient (Wildman–Crippen LogP) is 3.72. The summed E-state index contributed by atoms with van der Waals surface area (Å²) in [5.74, 6) is 2.35. The Kier molecular flexibility index (Phi) is 5.99. The first-order chi connectivity index (χ1) is 14.7. The summed E-state index contributed by atoms with van der Waals surface area (Å²) >= 11 is 0. The van der Waals surface area contributed by atoms with E-state index in [4.69, 9.17) is 19.3 Å². The lowest BCUT2D eigenvalue weighted by Gasteiger charge is -2.53. The number of hydrogen-bond donors (Lipinski definition) is 2. The Balaban J connectivity index is 1.64. The minimum absolute atomic E-state index is 0.0175. The Labute approximate surface area is 185 Å². The van der Waals surface area contributed by atoms with E-state index in [1.54, 1.807) is 7.11 Å². The molecular formula is C25H37NO5. The molecule has 4 rings (SSSR count). The van der Waals surface area contributed by atoms with Crippen LogP contribution < -0.4 is 14.8 Å².